The van der Waals surface area contributed by atoms with E-state index in [1.807, 2.05) is 49.5 Å². The summed E-state index contributed by atoms with van der Waals surface area (Å²) >= 11 is 0. The van der Waals surface area contributed by atoms with Crippen LogP contribution in [0, 0.1) is 0 Å². The molecular weight excluding hydrogens is 430 g/mol. The van der Waals surface area contributed by atoms with Gasteiger partial charge < -0.3 is 4.42 Å². The first-order valence-electron chi connectivity index (χ1n) is 11.8. The zero-order valence-corrected chi connectivity index (χ0v) is 20.2. The van der Waals surface area contributed by atoms with Gasteiger partial charge >= 0.3 is 0 Å². The van der Waals surface area contributed by atoms with Gasteiger partial charge in [-0.15, -0.1) is 0 Å². The van der Waals surface area contributed by atoms with E-state index in [1.54, 1.807) is 0 Å². The Morgan fingerprint density at radius 1 is 0.657 bits per heavy atom. The first-order chi connectivity index (χ1) is 17.1. The summed E-state index contributed by atoms with van der Waals surface area (Å²) in [5.41, 5.74) is 13.4. The average Bonchev–Trinajstić information content (AvgIpc) is 3.35. The lowest BCUT2D eigenvalue weighted by atomic mass is 9.90. The third kappa shape index (κ3) is 4.67. The van der Waals surface area contributed by atoms with E-state index in [-0.39, 0.29) is 5.54 Å². The Balaban J connectivity index is 1.65. The zero-order valence-electron chi connectivity index (χ0n) is 20.2. The van der Waals surface area contributed by atoms with Crippen LogP contribution in [0.1, 0.15) is 19.4 Å². The monoisotopic (exact) mass is 459 g/mol. The van der Waals surface area contributed by atoms with Gasteiger partial charge in [0.15, 0.2) is 5.76 Å². The highest BCUT2D eigenvalue weighted by Crippen LogP contribution is 2.39. The number of nitrogens with zero attached hydrogens (tertiary/aromatic N) is 1. The van der Waals surface area contributed by atoms with Crippen LogP contribution in [0.25, 0.3) is 45.2 Å². The third-order valence-electron chi connectivity index (χ3n) is 6.20. The van der Waals surface area contributed by atoms with Crippen molar-refractivity contribution in [3.8, 4) is 45.2 Å². The van der Waals surface area contributed by atoms with Crippen LogP contribution >= 0.6 is 0 Å². The molecule has 2 N–H and O–H groups in total. The molecule has 4 nitrogen and oxygen atoms in total. The molecule has 1 heterocycles. The van der Waals surface area contributed by atoms with Crippen molar-refractivity contribution >= 4 is 0 Å². The lowest BCUT2D eigenvalue weighted by Gasteiger charge is -2.27. The zero-order chi connectivity index (χ0) is 24.3. The molecule has 0 saturated carbocycles. The second kappa shape index (κ2) is 9.71. The van der Waals surface area contributed by atoms with Crippen LogP contribution in [0.4, 0.5) is 0 Å². The normalized spacial score (nSPS) is 11.5. The molecule has 4 aromatic carbocycles. The SMILES string of the molecule is CNNC(C)(C)c1cccc(-c2ccccc2-c2nc(-c3ccccc3)c(-c3ccccc3)o2)c1. The van der Waals surface area contributed by atoms with Crippen LogP contribution in [0.2, 0.25) is 0 Å². The Kier molecular flexibility index (Phi) is 6.32. The first-order valence-corrected chi connectivity index (χ1v) is 11.8. The van der Waals surface area contributed by atoms with Crippen LogP contribution in [-0.4, -0.2) is 12.0 Å². The summed E-state index contributed by atoms with van der Waals surface area (Å²) in [5, 5.41) is 0. The number of aromatic nitrogens is 1. The van der Waals surface area contributed by atoms with Gasteiger partial charge in [-0.3, -0.25) is 5.43 Å². The molecule has 5 aromatic rings. The van der Waals surface area contributed by atoms with Crippen LogP contribution in [0.5, 0.6) is 0 Å². The fraction of sp³-hybridized carbons (Fsp3) is 0.129. The van der Waals surface area contributed by atoms with Crippen molar-refractivity contribution < 1.29 is 4.42 Å². The molecule has 0 aliphatic heterocycles. The van der Waals surface area contributed by atoms with Gasteiger partial charge in [0.25, 0.3) is 0 Å². The number of oxazole rings is 1. The van der Waals surface area contributed by atoms with E-state index in [2.05, 4.69) is 91.4 Å². The maximum atomic E-state index is 6.51. The predicted octanol–water partition coefficient (Wildman–Crippen LogP) is 7.30. The Morgan fingerprint density at radius 2 is 1.26 bits per heavy atom. The highest BCUT2D eigenvalue weighted by atomic mass is 16.4. The number of hydrazine groups is 1. The van der Waals surface area contributed by atoms with Crippen LogP contribution < -0.4 is 10.9 Å². The summed E-state index contributed by atoms with van der Waals surface area (Å²) in [6.45, 7) is 4.31. The largest absolute Gasteiger partial charge is 0.435 e. The smallest absolute Gasteiger partial charge is 0.227 e. The van der Waals surface area contributed by atoms with Crippen LogP contribution in [0.3, 0.4) is 0 Å². The van der Waals surface area contributed by atoms with Crippen molar-refractivity contribution in [3.63, 3.8) is 0 Å². The van der Waals surface area contributed by atoms with E-state index in [4.69, 9.17) is 9.40 Å². The standard InChI is InChI=1S/C31H29N3O/c1-31(2,34-32-3)25-18-12-17-24(21-25)26-19-10-11-20-27(26)30-33-28(22-13-6-4-7-14-22)29(35-30)23-15-8-5-9-16-23/h4-21,32,34H,1-3H3. The maximum absolute atomic E-state index is 6.51. The Hall–Kier alpha value is -3.99. The topological polar surface area (TPSA) is 50.1 Å². The highest BCUT2D eigenvalue weighted by Gasteiger charge is 2.22. The molecule has 0 atom stereocenters. The molecule has 35 heavy (non-hydrogen) atoms. The van der Waals surface area contributed by atoms with Crippen molar-refractivity contribution in [1.82, 2.24) is 15.8 Å². The molecule has 4 heteroatoms. The van der Waals surface area contributed by atoms with Crippen molar-refractivity contribution in [2.45, 2.75) is 19.4 Å². The maximum Gasteiger partial charge on any atom is 0.227 e. The first kappa shape index (κ1) is 22.8. The second-order valence-corrected chi connectivity index (χ2v) is 9.06. The van der Waals surface area contributed by atoms with Gasteiger partial charge in [0.05, 0.1) is 5.54 Å². The molecule has 1 aromatic heterocycles. The molecule has 0 amide bonds. The summed E-state index contributed by atoms with van der Waals surface area (Å²) in [6, 6.07) is 37.3. The van der Waals surface area contributed by atoms with Gasteiger partial charge in [0, 0.05) is 16.7 Å². The molecule has 0 aliphatic rings. The van der Waals surface area contributed by atoms with E-state index in [9.17, 15) is 0 Å². The highest BCUT2D eigenvalue weighted by molar-refractivity contribution is 5.84. The predicted molar refractivity (Wildman–Crippen MR) is 143 cm³/mol. The molecular formula is C31H29N3O. The summed E-state index contributed by atoms with van der Waals surface area (Å²) in [4.78, 5) is 5.02. The second-order valence-electron chi connectivity index (χ2n) is 9.06. The van der Waals surface area contributed by atoms with Crippen molar-refractivity contribution in [2.24, 2.45) is 0 Å². The van der Waals surface area contributed by atoms with Gasteiger partial charge in [0.1, 0.15) is 5.69 Å². The van der Waals surface area contributed by atoms with Gasteiger partial charge in [-0.2, -0.15) is 0 Å². The Bertz CT molecular complexity index is 1370. The Labute approximate surface area is 206 Å². The quantitative estimate of drug-likeness (QED) is 0.251. The fourth-order valence-electron chi connectivity index (χ4n) is 4.39. The van der Waals surface area contributed by atoms with E-state index in [0.29, 0.717) is 5.89 Å². The minimum atomic E-state index is -0.233. The summed E-state index contributed by atoms with van der Waals surface area (Å²) < 4.78 is 6.51. The molecule has 0 bridgehead atoms. The number of hydrogen-bond acceptors (Lipinski definition) is 4. The van der Waals surface area contributed by atoms with Crippen molar-refractivity contribution in [3.05, 3.63) is 115 Å². The molecule has 0 spiro atoms. The van der Waals surface area contributed by atoms with E-state index in [0.717, 1.165) is 39.3 Å². The van der Waals surface area contributed by atoms with Gasteiger partial charge in [-0.05, 0) is 49.7 Å². The summed E-state index contributed by atoms with van der Waals surface area (Å²) in [6.07, 6.45) is 0. The Morgan fingerprint density at radius 3 is 1.94 bits per heavy atom. The molecule has 5 rings (SSSR count). The number of rotatable bonds is 7. The number of benzene rings is 4. The molecule has 0 fully saturated rings. The third-order valence-corrected chi connectivity index (χ3v) is 6.20. The van der Waals surface area contributed by atoms with Gasteiger partial charge in [0.2, 0.25) is 5.89 Å². The van der Waals surface area contributed by atoms with Crippen LogP contribution in [-0.2, 0) is 5.54 Å². The van der Waals surface area contributed by atoms with Gasteiger partial charge in [-0.25, -0.2) is 10.4 Å². The van der Waals surface area contributed by atoms with E-state index < -0.39 is 0 Å². The lowest BCUT2D eigenvalue weighted by Crippen LogP contribution is -2.44. The molecule has 0 saturated heterocycles. The molecule has 174 valence electrons. The van der Waals surface area contributed by atoms with Crippen molar-refractivity contribution in [1.29, 1.82) is 0 Å². The minimum absolute atomic E-state index is 0.233. The molecule has 0 aliphatic carbocycles. The molecule has 0 unspecified atom stereocenters. The number of hydrogen-bond donors (Lipinski definition) is 2. The van der Waals surface area contributed by atoms with E-state index >= 15 is 0 Å². The summed E-state index contributed by atoms with van der Waals surface area (Å²) in [5.74, 6) is 1.38. The summed E-state index contributed by atoms with van der Waals surface area (Å²) in [7, 11) is 1.89. The van der Waals surface area contributed by atoms with Gasteiger partial charge in [-0.1, -0.05) is 97.1 Å². The number of nitrogens with one attached hydrogen (secondary N) is 2. The molecule has 0 radical (unpaired) electrons. The lowest BCUT2D eigenvalue weighted by molar-refractivity contribution is 0.359. The fourth-order valence-corrected chi connectivity index (χ4v) is 4.39. The average molecular weight is 460 g/mol. The van der Waals surface area contributed by atoms with Crippen molar-refractivity contribution in [2.75, 3.05) is 7.05 Å². The minimum Gasteiger partial charge on any atom is -0.435 e. The van der Waals surface area contributed by atoms with E-state index in [1.165, 1.54) is 5.56 Å². The van der Waals surface area contributed by atoms with Crippen LogP contribution in [0.15, 0.2) is 114 Å².